The van der Waals surface area contributed by atoms with Gasteiger partial charge >= 0.3 is 11.8 Å². The number of amides is 2. The number of hydrogen-bond donors (Lipinski definition) is 1. The van der Waals surface area contributed by atoms with Gasteiger partial charge in [0, 0.05) is 31.7 Å². The summed E-state index contributed by atoms with van der Waals surface area (Å²) < 4.78 is 0. The molecule has 1 aromatic carbocycles. The molecule has 2 rings (SSSR count). The van der Waals surface area contributed by atoms with Crippen molar-refractivity contribution in [2.24, 2.45) is 0 Å². The van der Waals surface area contributed by atoms with Crippen LogP contribution in [0.1, 0.15) is 18.1 Å². The molecule has 0 saturated carbocycles. The normalized spacial score (nSPS) is 10.2. The Morgan fingerprint density at radius 3 is 2.30 bits per heavy atom. The third kappa shape index (κ3) is 4.92. The summed E-state index contributed by atoms with van der Waals surface area (Å²) >= 11 is 0. The Bertz CT molecular complexity index is 654. The van der Waals surface area contributed by atoms with Gasteiger partial charge in [0.2, 0.25) is 0 Å². The number of carbonyl (C=O) groups excluding carboxylic acids is 2. The van der Waals surface area contributed by atoms with E-state index < -0.39 is 11.8 Å². The van der Waals surface area contributed by atoms with Crippen molar-refractivity contribution >= 4 is 17.5 Å². The molecule has 120 valence electrons. The maximum atomic E-state index is 12.1. The molecule has 1 N–H and O–H groups in total. The van der Waals surface area contributed by atoms with Crippen molar-refractivity contribution in [3.8, 4) is 0 Å². The zero-order valence-corrected chi connectivity index (χ0v) is 13.5. The third-order valence-electron chi connectivity index (χ3n) is 3.65. The smallest absolute Gasteiger partial charge is 0.313 e. The first-order valence-corrected chi connectivity index (χ1v) is 7.64. The minimum Gasteiger partial charge on any atom is -0.337 e. The Morgan fingerprint density at radius 1 is 1.04 bits per heavy atom. The topological polar surface area (TPSA) is 62.3 Å². The Labute approximate surface area is 136 Å². The van der Waals surface area contributed by atoms with E-state index in [0.717, 1.165) is 12.0 Å². The lowest BCUT2D eigenvalue weighted by Crippen LogP contribution is -2.38. The molecule has 0 saturated heterocycles. The van der Waals surface area contributed by atoms with Crippen LogP contribution in [-0.2, 0) is 22.4 Å². The van der Waals surface area contributed by atoms with Crippen molar-refractivity contribution in [3.63, 3.8) is 0 Å². The number of aryl methyl sites for hydroxylation is 1. The van der Waals surface area contributed by atoms with E-state index in [4.69, 9.17) is 0 Å². The highest BCUT2D eigenvalue weighted by molar-refractivity contribution is 6.39. The monoisotopic (exact) mass is 311 g/mol. The second-order valence-electron chi connectivity index (χ2n) is 5.34. The predicted molar refractivity (Wildman–Crippen MR) is 90.0 cm³/mol. The van der Waals surface area contributed by atoms with Crippen LogP contribution in [0.2, 0.25) is 0 Å². The number of hydrogen-bond acceptors (Lipinski definition) is 3. The zero-order chi connectivity index (χ0) is 16.7. The fourth-order valence-electron chi connectivity index (χ4n) is 2.13. The van der Waals surface area contributed by atoms with Crippen molar-refractivity contribution in [1.29, 1.82) is 0 Å². The molecule has 23 heavy (non-hydrogen) atoms. The van der Waals surface area contributed by atoms with Crippen molar-refractivity contribution in [2.75, 3.05) is 18.9 Å². The molecule has 0 unspecified atom stereocenters. The van der Waals surface area contributed by atoms with Crippen LogP contribution in [0, 0.1) is 0 Å². The summed E-state index contributed by atoms with van der Waals surface area (Å²) in [6.07, 6.45) is 5.04. The number of benzene rings is 1. The van der Waals surface area contributed by atoms with Gasteiger partial charge in [0.05, 0.1) is 0 Å². The average Bonchev–Trinajstić information content (AvgIpc) is 2.60. The molecule has 0 bridgehead atoms. The lowest BCUT2D eigenvalue weighted by atomic mass is 10.1. The van der Waals surface area contributed by atoms with Gasteiger partial charge in [-0.05, 0) is 48.2 Å². The molecule has 2 aromatic rings. The number of nitrogens with zero attached hydrogens (tertiary/aromatic N) is 2. The molecular formula is C18H21N3O2. The second kappa shape index (κ2) is 8.08. The highest BCUT2D eigenvalue weighted by Crippen LogP contribution is 2.10. The molecule has 2 amide bonds. The minimum atomic E-state index is -0.619. The molecule has 1 heterocycles. The molecule has 1 aromatic heterocycles. The molecule has 5 heteroatoms. The molecule has 0 aliphatic rings. The SMILES string of the molecule is CCc1ccc(NC(=O)C(=O)N(C)CCc2ccncc2)cc1. The molecule has 0 atom stereocenters. The van der Waals surface area contributed by atoms with Gasteiger partial charge in [-0.3, -0.25) is 14.6 Å². The number of rotatable bonds is 5. The summed E-state index contributed by atoms with van der Waals surface area (Å²) in [7, 11) is 1.63. The van der Waals surface area contributed by atoms with E-state index >= 15 is 0 Å². The van der Waals surface area contributed by atoms with E-state index in [-0.39, 0.29) is 0 Å². The van der Waals surface area contributed by atoms with Crippen LogP contribution < -0.4 is 5.32 Å². The first kappa shape index (κ1) is 16.7. The average molecular weight is 311 g/mol. The van der Waals surface area contributed by atoms with E-state index in [1.54, 1.807) is 31.6 Å². The molecule has 0 aliphatic carbocycles. The fourth-order valence-corrected chi connectivity index (χ4v) is 2.13. The minimum absolute atomic E-state index is 0.477. The van der Waals surface area contributed by atoms with Gasteiger partial charge in [0.1, 0.15) is 0 Å². The van der Waals surface area contributed by atoms with Gasteiger partial charge in [0.25, 0.3) is 0 Å². The summed E-state index contributed by atoms with van der Waals surface area (Å²) in [6.45, 7) is 2.54. The first-order chi connectivity index (χ1) is 11.1. The third-order valence-corrected chi connectivity index (χ3v) is 3.65. The fraction of sp³-hybridized carbons (Fsp3) is 0.278. The van der Waals surface area contributed by atoms with Gasteiger partial charge in [-0.1, -0.05) is 19.1 Å². The molecule has 0 aliphatic heterocycles. The number of anilines is 1. The molecule has 5 nitrogen and oxygen atoms in total. The maximum absolute atomic E-state index is 12.1. The van der Waals surface area contributed by atoms with Crippen molar-refractivity contribution in [2.45, 2.75) is 19.8 Å². The van der Waals surface area contributed by atoms with E-state index in [1.807, 2.05) is 24.3 Å². The van der Waals surface area contributed by atoms with Crippen LogP contribution in [0.5, 0.6) is 0 Å². The molecule has 0 spiro atoms. The Balaban J connectivity index is 1.86. The summed E-state index contributed by atoms with van der Waals surface area (Å²) in [6, 6.07) is 11.3. The number of aromatic nitrogens is 1. The second-order valence-corrected chi connectivity index (χ2v) is 5.34. The summed E-state index contributed by atoms with van der Waals surface area (Å²) in [5, 5.41) is 2.63. The molecular weight excluding hydrogens is 290 g/mol. The van der Waals surface area contributed by atoms with Crippen molar-refractivity contribution in [1.82, 2.24) is 9.88 Å². The maximum Gasteiger partial charge on any atom is 0.313 e. The number of pyridine rings is 1. The highest BCUT2D eigenvalue weighted by Gasteiger charge is 2.18. The lowest BCUT2D eigenvalue weighted by molar-refractivity contribution is -0.142. The highest BCUT2D eigenvalue weighted by atomic mass is 16.2. The summed E-state index contributed by atoms with van der Waals surface area (Å²) in [5.41, 5.74) is 2.89. The summed E-state index contributed by atoms with van der Waals surface area (Å²) in [4.78, 5) is 29.5. The first-order valence-electron chi connectivity index (χ1n) is 7.64. The Morgan fingerprint density at radius 2 is 1.70 bits per heavy atom. The van der Waals surface area contributed by atoms with Gasteiger partial charge in [-0.2, -0.15) is 0 Å². The van der Waals surface area contributed by atoms with Gasteiger partial charge in [0.15, 0.2) is 0 Å². The van der Waals surface area contributed by atoms with Gasteiger partial charge in [-0.25, -0.2) is 0 Å². The van der Waals surface area contributed by atoms with Crippen LogP contribution in [0.15, 0.2) is 48.8 Å². The van der Waals surface area contributed by atoms with Gasteiger partial charge < -0.3 is 10.2 Å². The molecule has 0 fully saturated rings. The van der Waals surface area contributed by atoms with E-state index in [9.17, 15) is 9.59 Å². The lowest BCUT2D eigenvalue weighted by Gasteiger charge is -2.16. The Hall–Kier alpha value is -2.69. The van der Waals surface area contributed by atoms with Crippen molar-refractivity contribution in [3.05, 3.63) is 59.9 Å². The quantitative estimate of drug-likeness (QED) is 0.862. The predicted octanol–water partition coefficient (Wildman–Crippen LogP) is 2.28. The van der Waals surface area contributed by atoms with Crippen LogP contribution in [0.4, 0.5) is 5.69 Å². The van der Waals surface area contributed by atoms with Crippen molar-refractivity contribution < 1.29 is 9.59 Å². The van der Waals surface area contributed by atoms with E-state index in [2.05, 4.69) is 17.2 Å². The number of carbonyl (C=O) groups is 2. The van der Waals surface area contributed by atoms with E-state index in [1.165, 1.54) is 10.5 Å². The number of nitrogens with one attached hydrogen (secondary N) is 1. The summed E-state index contributed by atoms with van der Waals surface area (Å²) in [5.74, 6) is -1.16. The number of likely N-dealkylation sites (N-methyl/N-ethyl adjacent to an activating group) is 1. The standard InChI is InChI=1S/C18H21N3O2/c1-3-14-4-6-16(7-5-14)20-17(22)18(23)21(2)13-10-15-8-11-19-12-9-15/h4-9,11-12H,3,10,13H2,1-2H3,(H,20,22). The van der Waals surface area contributed by atoms with Gasteiger partial charge in [-0.15, -0.1) is 0 Å². The van der Waals surface area contributed by atoms with E-state index in [0.29, 0.717) is 18.7 Å². The zero-order valence-electron chi connectivity index (χ0n) is 13.5. The Kier molecular flexibility index (Phi) is 5.86. The largest absolute Gasteiger partial charge is 0.337 e. The van der Waals surface area contributed by atoms with Crippen LogP contribution in [0.25, 0.3) is 0 Å². The molecule has 0 radical (unpaired) electrons. The van der Waals surface area contributed by atoms with Crippen LogP contribution >= 0.6 is 0 Å². The van der Waals surface area contributed by atoms with Crippen LogP contribution in [-0.4, -0.2) is 35.3 Å². The van der Waals surface area contributed by atoms with Crippen LogP contribution in [0.3, 0.4) is 0 Å².